The van der Waals surface area contributed by atoms with Crippen molar-refractivity contribution in [2.45, 2.75) is 12.5 Å². The number of rotatable bonds is 7. The van der Waals surface area contributed by atoms with Crippen molar-refractivity contribution in [1.82, 2.24) is 5.32 Å². The molecule has 2 aromatic carbocycles. The van der Waals surface area contributed by atoms with Crippen molar-refractivity contribution >= 4 is 34.8 Å². The zero-order valence-electron chi connectivity index (χ0n) is 16.0. The van der Waals surface area contributed by atoms with Gasteiger partial charge in [0.25, 0.3) is 11.8 Å². The molecule has 0 fully saturated rings. The number of halogens is 1. The molecule has 0 aliphatic carbocycles. The minimum atomic E-state index is -0.887. The Morgan fingerprint density at radius 3 is 2.53 bits per heavy atom. The van der Waals surface area contributed by atoms with E-state index in [4.69, 9.17) is 5.73 Å². The van der Waals surface area contributed by atoms with Gasteiger partial charge in [-0.15, -0.1) is 6.58 Å². The fourth-order valence-electron chi connectivity index (χ4n) is 2.95. The average Bonchev–Trinajstić information content (AvgIpc) is 3.19. The Bertz CT molecular complexity index is 1020. The SMILES string of the molecule is C=CCNC(=O)c1ccccc1NC(=O)C1=NN(c2ccc(F)cc2)[C@@H](C(N)=O)C1. The average molecular weight is 409 g/mol. The number of nitrogens with zero attached hydrogens (tertiary/aromatic N) is 2. The Hall–Kier alpha value is -4.01. The van der Waals surface area contributed by atoms with Crippen molar-refractivity contribution in [3.05, 3.63) is 72.6 Å². The third kappa shape index (κ3) is 4.52. The van der Waals surface area contributed by atoms with Crippen molar-refractivity contribution in [2.24, 2.45) is 10.8 Å². The molecule has 3 rings (SSSR count). The van der Waals surface area contributed by atoms with Crippen molar-refractivity contribution < 1.29 is 18.8 Å². The number of nitrogens with one attached hydrogen (secondary N) is 2. The molecule has 9 heteroatoms. The van der Waals surface area contributed by atoms with E-state index in [-0.39, 0.29) is 30.1 Å². The minimum absolute atomic E-state index is 0.0244. The van der Waals surface area contributed by atoms with Crippen molar-refractivity contribution in [3.8, 4) is 0 Å². The third-order valence-electron chi connectivity index (χ3n) is 4.42. The highest BCUT2D eigenvalue weighted by Gasteiger charge is 2.35. The normalized spacial score (nSPS) is 15.3. The number of primary amides is 1. The van der Waals surface area contributed by atoms with Gasteiger partial charge in [-0.3, -0.25) is 19.4 Å². The molecule has 8 nitrogen and oxygen atoms in total. The molecule has 1 heterocycles. The summed E-state index contributed by atoms with van der Waals surface area (Å²) in [6.07, 6.45) is 1.52. The van der Waals surface area contributed by atoms with E-state index in [0.717, 1.165) is 0 Å². The minimum Gasteiger partial charge on any atom is -0.368 e. The first-order valence-corrected chi connectivity index (χ1v) is 9.11. The highest BCUT2D eigenvalue weighted by molar-refractivity contribution is 6.44. The summed E-state index contributed by atoms with van der Waals surface area (Å²) in [5.41, 5.74) is 6.51. The molecule has 0 radical (unpaired) electrons. The number of amides is 3. The first-order chi connectivity index (χ1) is 14.4. The summed E-state index contributed by atoms with van der Waals surface area (Å²) in [4.78, 5) is 36.9. The molecule has 4 N–H and O–H groups in total. The summed E-state index contributed by atoms with van der Waals surface area (Å²) in [6, 6.07) is 10.9. The molecule has 3 amide bonds. The largest absolute Gasteiger partial charge is 0.368 e. The summed E-state index contributed by atoms with van der Waals surface area (Å²) < 4.78 is 13.2. The molecule has 1 aliphatic rings. The molecule has 2 aromatic rings. The number of carbonyl (C=O) groups is 3. The molecule has 1 aliphatic heterocycles. The monoisotopic (exact) mass is 409 g/mol. The van der Waals surface area contributed by atoms with E-state index in [0.29, 0.717) is 11.4 Å². The summed E-state index contributed by atoms with van der Waals surface area (Å²) in [7, 11) is 0. The molecule has 30 heavy (non-hydrogen) atoms. The number of nitrogens with two attached hydrogens (primary N) is 1. The Labute approximate surface area is 172 Å². The van der Waals surface area contributed by atoms with Gasteiger partial charge in [0, 0.05) is 13.0 Å². The van der Waals surface area contributed by atoms with Gasteiger partial charge in [0.2, 0.25) is 5.91 Å². The van der Waals surface area contributed by atoms with E-state index in [1.807, 2.05) is 0 Å². The summed E-state index contributed by atoms with van der Waals surface area (Å²) >= 11 is 0. The van der Waals surface area contributed by atoms with Gasteiger partial charge in [0.1, 0.15) is 17.6 Å². The second-order valence-electron chi connectivity index (χ2n) is 6.49. The zero-order chi connectivity index (χ0) is 21.7. The number of anilines is 2. The molecule has 0 bridgehead atoms. The van der Waals surface area contributed by atoms with Gasteiger partial charge in [0.05, 0.1) is 16.9 Å². The van der Waals surface area contributed by atoms with E-state index < -0.39 is 23.7 Å². The highest BCUT2D eigenvalue weighted by Crippen LogP contribution is 2.25. The molecule has 154 valence electrons. The van der Waals surface area contributed by atoms with Gasteiger partial charge in [0.15, 0.2) is 0 Å². The van der Waals surface area contributed by atoms with Crippen LogP contribution in [0.25, 0.3) is 0 Å². The van der Waals surface area contributed by atoms with Crippen LogP contribution in [0.1, 0.15) is 16.8 Å². The Kier molecular flexibility index (Phi) is 6.21. The first-order valence-electron chi connectivity index (χ1n) is 9.11. The maximum Gasteiger partial charge on any atom is 0.271 e. The fraction of sp³-hybridized carbons (Fsp3) is 0.143. The van der Waals surface area contributed by atoms with Gasteiger partial charge in [-0.2, -0.15) is 5.10 Å². The lowest BCUT2D eigenvalue weighted by atomic mass is 10.1. The van der Waals surface area contributed by atoms with Gasteiger partial charge >= 0.3 is 0 Å². The topological polar surface area (TPSA) is 117 Å². The standard InChI is InChI=1S/C21H20FN5O3/c1-2-11-24-20(29)15-5-3-4-6-16(15)25-21(30)17-12-18(19(23)28)27(26-17)14-9-7-13(22)8-10-14/h2-10,18H,1,11-12H2,(H2,23,28)(H,24,29)(H,25,30)/t18-/m1/s1. The van der Waals surface area contributed by atoms with Crippen molar-refractivity contribution in [3.63, 3.8) is 0 Å². The van der Waals surface area contributed by atoms with Crippen LogP contribution in [0.4, 0.5) is 15.8 Å². The number of para-hydroxylation sites is 1. The fourth-order valence-corrected chi connectivity index (χ4v) is 2.95. The van der Waals surface area contributed by atoms with E-state index >= 15 is 0 Å². The van der Waals surface area contributed by atoms with Crippen molar-refractivity contribution in [2.75, 3.05) is 16.9 Å². The van der Waals surface area contributed by atoms with Crippen LogP contribution in [0, 0.1) is 5.82 Å². The van der Waals surface area contributed by atoms with Crippen molar-refractivity contribution in [1.29, 1.82) is 0 Å². The van der Waals surface area contributed by atoms with E-state index in [2.05, 4.69) is 22.3 Å². The highest BCUT2D eigenvalue weighted by atomic mass is 19.1. The van der Waals surface area contributed by atoms with Gasteiger partial charge in [-0.05, 0) is 36.4 Å². The van der Waals surface area contributed by atoms with Gasteiger partial charge < -0.3 is 16.4 Å². The van der Waals surface area contributed by atoms with E-state index in [1.54, 1.807) is 30.3 Å². The molecule has 0 aromatic heterocycles. The number of carbonyl (C=O) groups excluding carboxylic acids is 3. The van der Waals surface area contributed by atoms with Crippen LogP contribution in [-0.2, 0) is 9.59 Å². The Balaban J connectivity index is 1.83. The molecule has 0 unspecified atom stereocenters. The number of hydrogen-bond acceptors (Lipinski definition) is 5. The molecule has 0 spiro atoms. The summed E-state index contributed by atoms with van der Waals surface area (Å²) in [6.45, 7) is 3.82. The van der Waals surface area contributed by atoms with E-state index in [1.165, 1.54) is 29.3 Å². The second kappa shape index (κ2) is 8.99. The number of hydrazone groups is 1. The lowest BCUT2D eigenvalue weighted by Gasteiger charge is -2.20. The molecular weight excluding hydrogens is 389 g/mol. The molecule has 1 atom stereocenters. The van der Waals surface area contributed by atoms with Crippen LogP contribution in [-0.4, -0.2) is 36.0 Å². The lowest BCUT2D eigenvalue weighted by molar-refractivity contribution is -0.119. The van der Waals surface area contributed by atoms with Crippen LogP contribution in [0.5, 0.6) is 0 Å². The van der Waals surface area contributed by atoms with Crippen LogP contribution < -0.4 is 21.4 Å². The first kappa shape index (κ1) is 20.7. The quantitative estimate of drug-likeness (QED) is 0.605. The predicted octanol–water partition coefficient (Wildman–Crippen LogP) is 1.80. The third-order valence-corrected chi connectivity index (χ3v) is 4.42. The van der Waals surface area contributed by atoms with E-state index in [9.17, 15) is 18.8 Å². The predicted molar refractivity (Wildman–Crippen MR) is 112 cm³/mol. The summed E-state index contributed by atoms with van der Waals surface area (Å²) in [5, 5.41) is 10.8. The maximum atomic E-state index is 13.2. The molecule has 0 saturated carbocycles. The molecule has 0 saturated heterocycles. The van der Waals surface area contributed by atoms with Crippen LogP contribution in [0.2, 0.25) is 0 Å². The number of hydrogen-bond donors (Lipinski definition) is 3. The lowest BCUT2D eigenvalue weighted by Crippen LogP contribution is -2.39. The van der Waals surface area contributed by atoms with Gasteiger partial charge in [-0.1, -0.05) is 18.2 Å². The Morgan fingerprint density at radius 1 is 1.17 bits per heavy atom. The Morgan fingerprint density at radius 2 is 1.87 bits per heavy atom. The summed E-state index contributed by atoms with van der Waals surface area (Å²) in [5.74, 6) is -2.06. The van der Waals surface area contributed by atoms with Crippen LogP contribution in [0.15, 0.2) is 66.3 Å². The van der Waals surface area contributed by atoms with Crippen LogP contribution in [0.3, 0.4) is 0 Å². The van der Waals surface area contributed by atoms with Crippen LogP contribution >= 0.6 is 0 Å². The molecular formula is C21H20FN5O3. The second-order valence-corrected chi connectivity index (χ2v) is 6.49. The number of benzene rings is 2. The van der Waals surface area contributed by atoms with Gasteiger partial charge in [-0.25, -0.2) is 4.39 Å². The maximum absolute atomic E-state index is 13.2. The smallest absolute Gasteiger partial charge is 0.271 e. The zero-order valence-corrected chi connectivity index (χ0v) is 16.0.